The fourth-order valence-corrected chi connectivity index (χ4v) is 0.782. The fourth-order valence-electron chi connectivity index (χ4n) is 0.782. The molecule has 0 N–H and O–H groups in total. The molecule has 0 heterocycles. The molecule has 0 atom stereocenters. The molecule has 0 spiro atoms. The Labute approximate surface area is 53.6 Å². The number of ketones is 1. The summed E-state index contributed by atoms with van der Waals surface area (Å²) in [5, 5.41) is 0. The topological polar surface area (TPSA) is 17.1 Å². The maximum Gasteiger partial charge on any atom is 0.158 e. The average Bonchev–Trinajstić information content (AvgIpc) is 2.11. The summed E-state index contributed by atoms with van der Waals surface area (Å²) in [6.45, 7) is -0.465. The van der Waals surface area contributed by atoms with E-state index in [9.17, 15) is 4.79 Å². The van der Waals surface area contributed by atoms with Crippen LogP contribution in [0.15, 0.2) is 11.1 Å². The van der Waals surface area contributed by atoms with E-state index < -0.39 is 6.85 Å². The van der Waals surface area contributed by atoms with Gasteiger partial charge >= 0.3 is 0 Å². The summed E-state index contributed by atoms with van der Waals surface area (Å²) in [7, 11) is 0. The minimum atomic E-state index is -2.06. The lowest BCUT2D eigenvalue weighted by Crippen LogP contribution is -1.89. The summed E-state index contributed by atoms with van der Waals surface area (Å²) >= 11 is 0. The molecule has 0 saturated heterocycles. The Hall–Kier alpha value is -0.590. The molecule has 0 aliphatic heterocycles. The molecule has 0 aromatic heterocycles. The molecule has 1 heteroatoms. The number of carbonyl (C=O) groups is 1. The lowest BCUT2D eigenvalue weighted by molar-refractivity contribution is -0.114. The zero-order valence-corrected chi connectivity index (χ0v) is 4.82. The first kappa shape index (κ1) is 2.81. The second-order valence-electron chi connectivity index (χ2n) is 2.03. The van der Waals surface area contributed by atoms with E-state index in [1.165, 1.54) is 0 Å². The van der Waals surface area contributed by atoms with Crippen LogP contribution in [0.2, 0.25) is 0 Å². The van der Waals surface area contributed by atoms with Crippen LogP contribution in [-0.4, -0.2) is 5.78 Å². The van der Waals surface area contributed by atoms with Gasteiger partial charge in [0.1, 0.15) is 0 Å². The monoisotopic (exact) mass is 113 g/mol. The van der Waals surface area contributed by atoms with Gasteiger partial charge in [-0.3, -0.25) is 4.79 Å². The second kappa shape index (κ2) is 1.73. The third-order valence-corrected chi connectivity index (χ3v) is 1.47. The Morgan fingerprint density at radius 3 is 2.62 bits per heavy atom. The third-order valence-electron chi connectivity index (χ3n) is 1.47. The quantitative estimate of drug-likeness (QED) is 0.467. The van der Waals surface area contributed by atoms with E-state index in [1.54, 1.807) is 6.92 Å². The smallest absolute Gasteiger partial charge is 0.158 e. The van der Waals surface area contributed by atoms with Gasteiger partial charge in [-0.05, 0) is 25.8 Å². The molecule has 0 fully saturated rings. The molecule has 0 saturated carbocycles. The second-order valence-corrected chi connectivity index (χ2v) is 2.03. The van der Waals surface area contributed by atoms with Crippen LogP contribution < -0.4 is 0 Å². The summed E-state index contributed by atoms with van der Waals surface area (Å²) in [6, 6.07) is 0. The van der Waals surface area contributed by atoms with Crippen LogP contribution in [-0.2, 0) is 4.79 Å². The molecule has 0 amide bonds. The maximum absolute atomic E-state index is 10.9. The van der Waals surface area contributed by atoms with Crippen molar-refractivity contribution in [3.8, 4) is 0 Å². The molecule has 1 aliphatic carbocycles. The minimum absolute atomic E-state index is 0.0175. The predicted octanol–water partition coefficient (Wildman–Crippen LogP) is 1.69. The summed E-state index contributed by atoms with van der Waals surface area (Å²) in [6.07, 6.45) is 0.792. The van der Waals surface area contributed by atoms with Crippen molar-refractivity contribution in [2.45, 2.75) is 26.6 Å². The highest BCUT2D eigenvalue weighted by Crippen LogP contribution is 2.20. The number of Topliss-reactive ketones (excluding diaryl/α,β-unsaturated/α-hetero) is 1. The van der Waals surface area contributed by atoms with Gasteiger partial charge in [0, 0.05) is 10.5 Å². The van der Waals surface area contributed by atoms with Crippen LogP contribution in [0, 0.1) is 0 Å². The van der Waals surface area contributed by atoms with E-state index in [0.717, 1.165) is 0 Å². The molecular formula is C7H10O. The molecule has 0 aromatic carbocycles. The van der Waals surface area contributed by atoms with E-state index in [0.29, 0.717) is 24.0 Å². The number of hydrogen-bond acceptors (Lipinski definition) is 1. The number of rotatable bonds is 0. The van der Waals surface area contributed by atoms with Gasteiger partial charge in [-0.1, -0.05) is 5.57 Å². The Balaban J connectivity index is 2.98. The van der Waals surface area contributed by atoms with Gasteiger partial charge < -0.3 is 0 Å². The Kier molecular flexibility index (Phi) is 0.608. The van der Waals surface area contributed by atoms with Crippen LogP contribution in [0.25, 0.3) is 0 Å². The van der Waals surface area contributed by atoms with E-state index in [4.69, 9.17) is 4.11 Å². The van der Waals surface area contributed by atoms with Crippen molar-refractivity contribution in [2.75, 3.05) is 0 Å². The number of hydrogen-bond donors (Lipinski definition) is 0. The van der Waals surface area contributed by atoms with Crippen LogP contribution >= 0.6 is 0 Å². The summed E-state index contributed by atoms with van der Waals surface area (Å²) < 4.78 is 21.2. The first-order valence-electron chi connectivity index (χ1n) is 4.16. The summed E-state index contributed by atoms with van der Waals surface area (Å²) in [5.41, 5.74) is 0.799. The highest BCUT2D eigenvalue weighted by atomic mass is 16.1. The Morgan fingerprint density at radius 2 is 2.38 bits per heavy atom. The lowest BCUT2D eigenvalue weighted by atomic mass is 10.2. The van der Waals surface area contributed by atoms with Crippen molar-refractivity contribution in [3.63, 3.8) is 0 Å². The summed E-state index contributed by atoms with van der Waals surface area (Å²) in [5.74, 6) is -0.0175. The molecule has 1 aliphatic rings. The molecule has 0 radical (unpaired) electrons. The van der Waals surface area contributed by atoms with E-state index in [-0.39, 0.29) is 5.78 Å². The minimum Gasteiger partial charge on any atom is -0.295 e. The van der Waals surface area contributed by atoms with Crippen LogP contribution in [0.3, 0.4) is 0 Å². The van der Waals surface area contributed by atoms with Gasteiger partial charge in [0.05, 0.1) is 0 Å². The largest absolute Gasteiger partial charge is 0.295 e. The first-order valence-corrected chi connectivity index (χ1v) is 2.66. The zero-order valence-electron chi connectivity index (χ0n) is 7.82. The highest BCUT2D eigenvalue weighted by Gasteiger charge is 2.14. The predicted molar refractivity (Wildman–Crippen MR) is 32.6 cm³/mol. The van der Waals surface area contributed by atoms with Gasteiger partial charge in [-0.25, -0.2) is 0 Å². The Morgan fingerprint density at radius 1 is 1.62 bits per heavy atom. The van der Waals surface area contributed by atoms with Crippen molar-refractivity contribution in [2.24, 2.45) is 0 Å². The van der Waals surface area contributed by atoms with E-state index in [2.05, 4.69) is 0 Å². The standard InChI is InChI=1S/C7H10O/c1-5-3-4-7(8)6(5)2/h3-4H2,1-2H3/i1D3. The van der Waals surface area contributed by atoms with E-state index in [1.807, 2.05) is 0 Å². The van der Waals surface area contributed by atoms with Gasteiger partial charge in [-0.2, -0.15) is 0 Å². The molecule has 1 nitrogen and oxygen atoms in total. The van der Waals surface area contributed by atoms with Gasteiger partial charge in [0.25, 0.3) is 0 Å². The molecule has 1 rings (SSSR count). The van der Waals surface area contributed by atoms with Crippen LogP contribution in [0.1, 0.15) is 30.7 Å². The zero-order chi connectivity index (χ0) is 8.65. The van der Waals surface area contributed by atoms with Crippen molar-refractivity contribution >= 4 is 5.78 Å². The normalized spacial score (nSPS) is 27.6. The van der Waals surface area contributed by atoms with Gasteiger partial charge in [-0.15, -0.1) is 0 Å². The SMILES string of the molecule is [2H]C([2H])([2H])C1=C(C)C(=O)CC1. The number of allylic oxidation sites excluding steroid dienone is 2. The first-order chi connectivity index (χ1) is 4.93. The molecule has 0 aromatic rings. The van der Waals surface area contributed by atoms with Crippen LogP contribution in [0.5, 0.6) is 0 Å². The van der Waals surface area contributed by atoms with Crippen LogP contribution in [0.4, 0.5) is 0 Å². The lowest BCUT2D eigenvalue weighted by Gasteiger charge is -1.86. The highest BCUT2D eigenvalue weighted by molar-refractivity contribution is 5.97. The average molecular weight is 113 g/mol. The van der Waals surface area contributed by atoms with Crippen molar-refractivity contribution in [1.29, 1.82) is 0 Å². The van der Waals surface area contributed by atoms with E-state index >= 15 is 0 Å². The molecule has 8 heavy (non-hydrogen) atoms. The molecule has 44 valence electrons. The van der Waals surface area contributed by atoms with Gasteiger partial charge in [0.15, 0.2) is 5.78 Å². The van der Waals surface area contributed by atoms with Crippen molar-refractivity contribution in [3.05, 3.63) is 11.1 Å². The summed E-state index contributed by atoms with van der Waals surface area (Å²) in [4.78, 5) is 10.9. The Bertz CT molecular complexity index is 224. The third kappa shape index (κ3) is 0.683. The fraction of sp³-hybridized carbons (Fsp3) is 0.571. The molecular weight excluding hydrogens is 100 g/mol. The number of carbonyl (C=O) groups excluding carboxylic acids is 1. The van der Waals surface area contributed by atoms with Crippen molar-refractivity contribution < 1.29 is 8.91 Å². The molecule has 0 unspecified atom stereocenters. The van der Waals surface area contributed by atoms with Crippen molar-refractivity contribution in [1.82, 2.24) is 0 Å². The molecule has 0 bridgehead atoms. The van der Waals surface area contributed by atoms with Gasteiger partial charge in [0.2, 0.25) is 0 Å². The maximum atomic E-state index is 10.9.